The summed E-state index contributed by atoms with van der Waals surface area (Å²) in [5.41, 5.74) is 2.56. The highest BCUT2D eigenvalue weighted by Crippen LogP contribution is 2.33. The Morgan fingerprint density at radius 1 is 1.16 bits per heavy atom. The van der Waals surface area contributed by atoms with Crippen LogP contribution < -0.4 is 0 Å². The molecule has 3 fully saturated rings. The van der Waals surface area contributed by atoms with E-state index >= 15 is 0 Å². The number of amides is 1. The van der Waals surface area contributed by atoms with Crippen LogP contribution in [0.25, 0.3) is 17.0 Å². The zero-order chi connectivity index (χ0) is 22.5. The Bertz CT molecular complexity index is 1140. The van der Waals surface area contributed by atoms with Crippen LogP contribution in [0.2, 0.25) is 5.02 Å². The highest BCUT2D eigenvalue weighted by Gasteiger charge is 2.42. The minimum absolute atomic E-state index is 0.172. The molecule has 0 N–H and O–H groups in total. The van der Waals surface area contributed by atoms with E-state index in [0.717, 1.165) is 42.9 Å². The SMILES string of the molecule is CC(C)(C)OC(=O)N1C[C@@H]2CC[C@@H]1CN2Cc1c(-c2ccc(Cl)cc2)nc2ncccn12. The minimum Gasteiger partial charge on any atom is -0.444 e. The fourth-order valence-electron chi connectivity index (χ4n) is 4.77. The summed E-state index contributed by atoms with van der Waals surface area (Å²) in [6, 6.07) is 10.2. The van der Waals surface area contributed by atoms with E-state index < -0.39 is 5.60 Å². The fourth-order valence-corrected chi connectivity index (χ4v) is 4.90. The van der Waals surface area contributed by atoms with Gasteiger partial charge in [-0.3, -0.25) is 9.30 Å². The van der Waals surface area contributed by atoms with Gasteiger partial charge in [0.25, 0.3) is 0 Å². The molecular formula is C24H28ClN5O2. The number of fused-ring (bicyclic) bond motifs is 4. The number of hydrogen-bond donors (Lipinski definition) is 0. The first kappa shape index (κ1) is 21.2. The number of carbonyl (C=O) groups excluding carboxylic acids is 1. The molecule has 0 aliphatic carbocycles. The first-order chi connectivity index (χ1) is 15.3. The first-order valence-corrected chi connectivity index (χ1v) is 11.5. The monoisotopic (exact) mass is 453 g/mol. The molecule has 0 spiro atoms. The summed E-state index contributed by atoms with van der Waals surface area (Å²) in [7, 11) is 0. The summed E-state index contributed by atoms with van der Waals surface area (Å²) < 4.78 is 7.72. The molecule has 3 aliphatic heterocycles. The van der Waals surface area contributed by atoms with Crippen LogP contribution in [0, 0.1) is 0 Å². The van der Waals surface area contributed by atoms with E-state index in [2.05, 4.69) is 14.3 Å². The van der Waals surface area contributed by atoms with Gasteiger partial charge in [-0.25, -0.2) is 14.8 Å². The van der Waals surface area contributed by atoms with Gasteiger partial charge in [0.1, 0.15) is 5.60 Å². The molecule has 3 aromatic rings. The first-order valence-electron chi connectivity index (χ1n) is 11.1. The van der Waals surface area contributed by atoms with Gasteiger partial charge in [-0.2, -0.15) is 0 Å². The van der Waals surface area contributed by atoms with E-state index in [0.29, 0.717) is 23.4 Å². The minimum atomic E-state index is -0.482. The van der Waals surface area contributed by atoms with Crippen LogP contribution >= 0.6 is 11.6 Å². The van der Waals surface area contributed by atoms with Crippen molar-refractivity contribution < 1.29 is 9.53 Å². The highest BCUT2D eigenvalue weighted by molar-refractivity contribution is 6.30. The Kier molecular flexibility index (Phi) is 5.34. The number of benzene rings is 1. The van der Waals surface area contributed by atoms with Crippen molar-refractivity contribution in [2.75, 3.05) is 13.1 Å². The molecule has 5 heterocycles. The lowest BCUT2D eigenvalue weighted by atomic mass is 9.91. The summed E-state index contributed by atoms with van der Waals surface area (Å²) in [6.07, 6.45) is 5.67. The zero-order valence-corrected chi connectivity index (χ0v) is 19.4. The van der Waals surface area contributed by atoms with Crippen LogP contribution in [0.1, 0.15) is 39.3 Å². The van der Waals surface area contributed by atoms with Crippen LogP contribution in [0.4, 0.5) is 4.79 Å². The number of piperazine rings is 1. The molecule has 0 radical (unpaired) electrons. The number of imidazole rings is 1. The van der Waals surface area contributed by atoms with Crippen LogP contribution in [0.3, 0.4) is 0 Å². The van der Waals surface area contributed by atoms with E-state index in [9.17, 15) is 4.79 Å². The van der Waals surface area contributed by atoms with E-state index in [-0.39, 0.29) is 12.1 Å². The number of ether oxygens (including phenoxy) is 1. The maximum Gasteiger partial charge on any atom is 0.410 e. The summed E-state index contributed by atoms with van der Waals surface area (Å²) >= 11 is 6.11. The van der Waals surface area contributed by atoms with Gasteiger partial charge in [0.2, 0.25) is 5.78 Å². The molecule has 0 unspecified atom stereocenters. The normalized spacial score (nSPS) is 21.3. The molecule has 3 saturated heterocycles. The summed E-state index contributed by atoms with van der Waals surface area (Å²) in [4.78, 5) is 26.4. The lowest BCUT2D eigenvalue weighted by Crippen LogP contribution is -2.64. The molecular weight excluding hydrogens is 426 g/mol. The summed E-state index contributed by atoms with van der Waals surface area (Å²) in [5.74, 6) is 0.685. The van der Waals surface area contributed by atoms with Crippen molar-refractivity contribution in [2.24, 2.45) is 0 Å². The topological polar surface area (TPSA) is 63.0 Å². The predicted octanol–water partition coefficient (Wildman–Crippen LogP) is 4.63. The van der Waals surface area contributed by atoms with Crippen LogP contribution in [0.15, 0.2) is 42.7 Å². The molecule has 32 heavy (non-hydrogen) atoms. The molecule has 2 atom stereocenters. The van der Waals surface area contributed by atoms with Crippen molar-refractivity contribution >= 4 is 23.5 Å². The van der Waals surface area contributed by atoms with Gasteiger partial charge >= 0.3 is 6.09 Å². The van der Waals surface area contributed by atoms with E-state index in [1.165, 1.54) is 0 Å². The highest BCUT2D eigenvalue weighted by atomic mass is 35.5. The molecule has 2 bridgehead atoms. The van der Waals surface area contributed by atoms with E-state index in [4.69, 9.17) is 21.3 Å². The number of nitrogens with zero attached hydrogens (tertiary/aromatic N) is 5. The second-order valence-corrected chi connectivity index (χ2v) is 10.1. The van der Waals surface area contributed by atoms with Crippen LogP contribution in [-0.2, 0) is 11.3 Å². The molecule has 8 heteroatoms. The number of hydrogen-bond acceptors (Lipinski definition) is 5. The van der Waals surface area contributed by atoms with Crippen molar-refractivity contribution in [3.8, 4) is 11.3 Å². The second-order valence-electron chi connectivity index (χ2n) is 9.65. The van der Waals surface area contributed by atoms with E-state index in [1.54, 1.807) is 6.20 Å². The van der Waals surface area contributed by atoms with Crippen molar-refractivity contribution in [3.63, 3.8) is 0 Å². The summed E-state index contributed by atoms with van der Waals surface area (Å²) in [6.45, 7) is 8.01. The van der Waals surface area contributed by atoms with Crippen LogP contribution in [0.5, 0.6) is 0 Å². The maximum absolute atomic E-state index is 12.7. The van der Waals surface area contributed by atoms with Crippen molar-refractivity contribution in [1.29, 1.82) is 0 Å². The Morgan fingerprint density at radius 3 is 2.59 bits per heavy atom. The predicted molar refractivity (Wildman–Crippen MR) is 124 cm³/mol. The lowest BCUT2D eigenvalue weighted by molar-refractivity contribution is -0.0439. The molecule has 2 aromatic heterocycles. The Labute approximate surface area is 193 Å². The average Bonchev–Trinajstić information content (AvgIpc) is 3.12. The van der Waals surface area contributed by atoms with Crippen molar-refractivity contribution in [3.05, 3.63) is 53.4 Å². The standard InChI is InChI=1S/C24H28ClN5O2/c1-24(2,3)32-23(31)30-14-18-9-10-19(30)13-28(18)15-20-21(16-5-7-17(25)8-6-16)27-22-26-11-4-12-29(20)22/h4-8,11-12,18-19H,9-10,13-15H2,1-3H3/t18-,19+/m0/s1. The fraction of sp³-hybridized carbons (Fsp3) is 0.458. The lowest BCUT2D eigenvalue weighted by Gasteiger charge is -2.51. The van der Waals surface area contributed by atoms with Gasteiger partial charge in [0.05, 0.1) is 11.4 Å². The van der Waals surface area contributed by atoms with Gasteiger partial charge in [-0.1, -0.05) is 23.7 Å². The summed E-state index contributed by atoms with van der Waals surface area (Å²) in [5, 5.41) is 0.702. The Balaban J connectivity index is 1.42. The van der Waals surface area contributed by atoms with Gasteiger partial charge in [0.15, 0.2) is 0 Å². The average molecular weight is 454 g/mol. The van der Waals surface area contributed by atoms with Crippen molar-refractivity contribution in [1.82, 2.24) is 24.2 Å². The molecule has 168 valence electrons. The van der Waals surface area contributed by atoms with Gasteiger partial charge in [-0.15, -0.1) is 0 Å². The van der Waals surface area contributed by atoms with Gasteiger partial charge in [0, 0.05) is 54.7 Å². The quantitative estimate of drug-likeness (QED) is 0.578. The number of rotatable bonds is 3. The van der Waals surface area contributed by atoms with E-state index in [1.807, 2.05) is 62.2 Å². The number of carbonyl (C=O) groups is 1. The Hall–Kier alpha value is -2.64. The van der Waals surface area contributed by atoms with Crippen molar-refractivity contribution in [2.45, 2.75) is 57.8 Å². The molecule has 0 saturated carbocycles. The third-order valence-corrected chi connectivity index (χ3v) is 6.50. The zero-order valence-electron chi connectivity index (χ0n) is 18.7. The second kappa shape index (κ2) is 8.05. The number of aromatic nitrogens is 3. The van der Waals surface area contributed by atoms with Gasteiger partial charge < -0.3 is 9.64 Å². The molecule has 7 nitrogen and oxygen atoms in total. The third-order valence-electron chi connectivity index (χ3n) is 6.24. The maximum atomic E-state index is 12.7. The largest absolute Gasteiger partial charge is 0.444 e. The molecule has 3 aliphatic rings. The number of halogens is 1. The molecule has 1 amide bonds. The smallest absolute Gasteiger partial charge is 0.410 e. The van der Waals surface area contributed by atoms with Gasteiger partial charge in [-0.05, 0) is 51.8 Å². The number of piperidine rings is 2. The molecule has 1 aromatic carbocycles. The Morgan fingerprint density at radius 2 is 1.91 bits per heavy atom. The molecule has 6 rings (SSSR count). The third kappa shape index (κ3) is 4.07. The van der Waals surface area contributed by atoms with Crippen LogP contribution in [-0.4, -0.2) is 61.0 Å².